The van der Waals surface area contributed by atoms with Crippen LogP contribution in [0, 0.1) is 0 Å². The van der Waals surface area contributed by atoms with Gasteiger partial charge in [0.15, 0.2) is 5.82 Å². The van der Waals surface area contributed by atoms with Crippen LogP contribution in [0.1, 0.15) is 16.2 Å². The van der Waals surface area contributed by atoms with Gasteiger partial charge in [-0.15, -0.1) is 0 Å². The van der Waals surface area contributed by atoms with Gasteiger partial charge in [-0.25, -0.2) is 0 Å². The summed E-state index contributed by atoms with van der Waals surface area (Å²) in [7, 11) is 0. The molecule has 0 unspecified atom stereocenters. The summed E-state index contributed by atoms with van der Waals surface area (Å²) in [6, 6.07) is 4.84. The number of carbonyl (C=O) groups excluding carboxylic acids is 1. The standard InChI is InChI=1S/C11H13N5O2/c12-8-2-1-7(11(13)17)5-9(8)14-4-3-10-15-6-18-16-10/h1-2,5-6,14H,3-4,12H2,(H2,13,17). The first-order valence-electron chi connectivity index (χ1n) is 5.35. The Morgan fingerprint density at radius 1 is 1.44 bits per heavy atom. The Hall–Kier alpha value is -2.57. The molecule has 1 heterocycles. The first-order chi connectivity index (χ1) is 8.66. The molecule has 1 amide bonds. The van der Waals surface area contributed by atoms with Crippen LogP contribution in [0.4, 0.5) is 11.4 Å². The van der Waals surface area contributed by atoms with E-state index in [2.05, 4.69) is 20.0 Å². The van der Waals surface area contributed by atoms with Gasteiger partial charge in [0.2, 0.25) is 12.3 Å². The van der Waals surface area contributed by atoms with Crippen molar-refractivity contribution in [1.82, 2.24) is 10.1 Å². The summed E-state index contributed by atoms with van der Waals surface area (Å²) in [6.45, 7) is 0.575. The van der Waals surface area contributed by atoms with E-state index in [1.54, 1.807) is 18.2 Å². The topological polar surface area (TPSA) is 120 Å². The zero-order valence-corrected chi connectivity index (χ0v) is 9.59. The normalized spacial score (nSPS) is 10.2. The molecule has 0 fully saturated rings. The van der Waals surface area contributed by atoms with Crippen molar-refractivity contribution in [3.05, 3.63) is 36.0 Å². The molecule has 1 aromatic carbocycles. The molecule has 94 valence electrons. The van der Waals surface area contributed by atoms with Crippen LogP contribution in [0.3, 0.4) is 0 Å². The number of primary amides is 1. The molecule has 0 saturated heterocycles. The molecule has 1 aromatic heterocycles. The number of nitrogens with one attached hydrogen (secondary N) is 1. The summed E-state index contributed by atoms with van der Waals surface area (Å²) in [5.74, 6) is 0.114. The molecule has 0 aliphatic rings. The molecule has 0 spiro atoms. The molecular weight excluding hydrogens is 234 g/mol. The maximum atomic E-state index is 11.0. The highest BCUT2D eigenvalue weighted by Crippen LogP contribution is 2.19. The third-order valence-corrected chi connectivity index (χ3v) is 2.41. The highest BCUT2D eigenvalue weighted by atomic mass is 16.5. The fraction of sp³-hybridized carbons (Fsp3) is 0.182. The van der Waals surface area contributed by atoms with Gasteiger partial charge in [0, 0.05) is 18.5 Å². The largest absolute Gasteiger partial charge is 0.397 e. The molecule has 0 atom stereocenters. The number of nitrogens with zero attached hydrogens (tertiary/aromatic N) is 2. The molecule has 2 rings (SSSR count). The number of hydrogen-bond donors (Lipinski definition) is 3. The van der Waals surface area contributed by atoms with E-state index in [1.165, 1.54) is 6.39 Å². The lowest BCUT2D eigenvalue weighted by atomic mass is 10.1. The van der Waals surface area contributed by atoms with E-state index < -0.39 is 5.91 Å². The minimum atomic E-state index is -0.490. The molecule has 5 N–H and O–H groups in total. The Morgan fingerprint density at radius 2 is 2.28 bits per heavy atom. The number of hydrogen-bond acceptors (Lipinski definition) is 6. The van der Waals surface area contributed by atoms with Gasteiger partial charge in [-0.05, 0) is 18.2 Å². The van der Waals surface area contributed by atoms with Gasteiger partial charge in [-0.2, -0.15) is 4.98 Å². The Balaban J connectivity index is 2.00. The van der Waals surface area contributed by atoms with Crippen LogP contribution in [0.25, 0.3) is 0 Å². The molecule has 0 aliphatic heterocycles. The summed E-state index contributed by atoms with van der Waals surface area (Å²) >= 11 is 0. The van der Waals surface area contributed by atoms with Crippen LogP contribution in [0.5, 0.6) is 0 Å². The minimum absolute atomic E-state index is 0.409. The van der Waals surface area contributed by atoms with E-state index in [1.807, 2.05) is 0 Å². The molecule has 18 heavy (non-hydrogen) atoms. The van der Waals surface area contributed by atoms with Gasteiger partial charge in [-0.1, -0.05) is 5.16 Å². The average molecular weight is 247 g/mol. The molecular formula is C11H13N5O2. The highest BCUT2D eigenvalue weighted by Gasteiger charge is 2.05. The zero-order chi connectivity index (χ0) is 13.0. The van der Waals surface area contributed by atoms with Crippen LogP contribution >= 0.6 is 0 Å². The second kappa shape index (κ2) is 5.17. The Morgan fingerprint density at radius 3 is 2.94 bits per heavy atom. The van der Waals surface area contributed by atoms with Gasteiger partial charge in [0.05, 0.1) is 11.4 Å². The first-order valence-corrected chi connectivity index (χ1v) is 5.35. The van der Waals surface area contributed by atoms with Crippen molar-refractivity contribution < 1.29 is 9.32 Å². The van der Waals surface area contributed by atoms with Gasteiger partial charge in [-0.3, -0.25) is 4.79 Å². The molecule has 0 saturated carbocycles. The van der Waals surface area contributed by atoms with Crippen molar-refractivity contribution in [3.63, 3.8) is 0 Å². The molecule has 7 nitrogen and oxygen atoms in total. The molecule has 0 aliphatic carbocycles. The fourth-order valence-electron chi connectivity index (χ4n) is 1.47. The summed E-state index contributed by atoms with van der Waals surface area (Å²) in [5, 5.41) is 6.78. The molecule has 2 aromatic rings. The third-order valence-electron chi connectivity index (χ3n) is 2.41. The number of nitrogen functional groups attached to an aromatic ring is 1. The van der Waals surface area contributed by atoms with Crippen LogP contribution in [-0.4, -0.2) is 22.6 Å². The predicted octanol–water partition coefficient (Wildman–Crippen LogP) is 0.405. The second-order valence-electron chi connectivity index (χ2n) is 3.69. The van der Waals surface area contributed by atoms with E-state index in [0.29, 0.717) is 35.7 Å². The van der Waals surface area contributed by atoms with Gasteiger partial charge >= 0.3 is 0 Å². The quantitative estimate of drug-likeness (QED) is 0.658. The van der Waals surface area contributed by atoms with Crippen molar-refractivity contribution in [2.45, 2.75) is 6.42 Å². The van der Waals surface area contributed by atoms with E-state index >= 15 is 0 Å². The summed E-state index contributed by atoms with van der Waals surface area (Å²) < 4.78 is 4.62. The highest BCUT2D eigenvalue weighted by molar-refractivity contribution is 5.94. The number of aromatic nitrogens is 2. The number of nitrogens with two attached hydrogens (primary N) is 2. The lowest BCUT2D eigenvalue weighted by molar-refractivity contribution is 0.100. The van der Waals surface area contributed by atoms with Crippen molar-refractivity contribution >= 4 is 17.3 Å². The van der Waals surface area contributed by atoms with E-state index in [0.717, 1.165) is 0 Å². The molecule has 0 radical (unpaired) electrons. The van der Waals surface area contributed by atoms with E-state index in [-0.39, 0.29) is 0 Å². The Bertz CT molecular complexity index is 538. The Kier molecular flexibility index (Phi) is 3.42. The number of amides is 1. The fourth-order valence-corrected chi connectivity index (χ4v) is 1.47. The lowest BCUT2D eigenvalue weighted by Gasteiger charge is -2.09. The first kappa shape index (κ1) is 11.9. The van der Waals surface area contributed by atoms with Crippen molar-refractivity contribution in [3.8, 4) is 0 Å². The maximum absolute atomic E-state index is 11.0. The monoisotopic (exact) mass is 247 g/mol. The minimum Gasteiger partial charge on any atom is -0.397 e. The van der Waals surface area contributed by atoms with E-state index in [4.69, 9.17) is 11.5 Å². The lowest BCUT2D eigenvalue weighted by Crippen LogP contribution is -2.13. The van der Waals surface area contributed by atoms with Gasteiger partial charge < -0.3 is 21.3 Å². The van der Waals surface area contributed by atoms with Crippen molar-refractivity contribution in [1.29, 1.82) is 0 Å². The van der Waals surface area contributed by atoms with Crippen molar-refractivity contribution in [2.24, 2.45) is 5.73 Å². The van der Waals surface area contributed by atoms with Crippen LogP contribution in [0.15, 0.2) is 29.1 Å². The summed E-state index contributed by atoms with van der Waals surface area (Å²) in [6.07, 6.45) is 1.87. The molecule has 7 heteroatoms. The van der Waals surface area contributed by atoms with Gasteiger partial charge in [0.25, 0.3) is 0 Å². The number of anilines is 2. The van der Waals surface area contributed by atoms with E-state index in [9.17, 15) is 4.79 Å². The summed E-state index contributed by atoms with van der Waals surface area (Å²) in [4.78, 5) is 14.9. The maximum Gasteiger partial charge on any atom is 0.248 e. The third kappa shape index (κ3) is 2.76. The smallest absolute Gasteiger partial charge is 0.248 e. The summed E-state index contributed by atoms with van der Waals surface area (Å²) in [5.41, 5.74) is 12.6. The predicted molar refractivity (Wildman–Crippen MR) is 65.9 cm³/mol. The number of carbonyl (C=O) groups is 1. The number of benzene rings is 1. The molecule has 0 bridgehead atoms. The van der Waals surface area contributed by atoms with Crippen LogP contribution in [-0.2, 0) is 6.42 Å². The zero-order valence-electron chi connectivity index (χ0n) is 9.59. The number of rotatable bonds is 5. The SMILES string of the molecule is NC(=O)c1ccc(N)c(NCCc2ncon2)c1. The van der Waals surface area contributed by atoms with Gasteiger partial charge in [0.1, 0.15) is 0 Å². The average Bonchev–Trinajstić information content (AvgIpc) is 2.84. The van der Waals surface area contributed by atoms with Crippen LogP contribution in [0.2, 0.25) is 0 Å². The van der Waals surface area contributed by atoms with Crippen molar-refractivity contribution in [2.75, 3.05) is 17.6 Å². The second-order valence-corrected chi connectivity index (χ2v) is 3.69. The van der Waals surface area contributed by atoms with Crippen LogP contribution < -0.4 is 16.8 Å². The Labute approximate surface area is 103 Å².